The Bertz CT molecular complexity index is 1130. The Kier molecular flexibility index (Phi) is 5.56. The number of nitrogens with zero attached hydrogens (tertiary/aromatic N) is 2. The Balaban J connectivity index is 0.00000210. The van der Waals surface area contributed by atoms with E-state index in [2.05, 4.69) is 15.5 Å². The molecule has 2 aromatic carbocycles. The van der Waals surface area contributed by atoms with E-state index in [1.165, 1.54) is 12.1 Å². The van der Waals surface area contributed by atoms with Gasteiger partial charge in [0.15, 0.2) is 5.82 Å². The number of fused-ring (bicyclic) bond motifs is 1. The Morgan fingerprint density at radius 3 is 2.59 bits per heavy atom. The molecule has 0 unspecified atom stereocenters. The third-order valence-electron chi connectivity index (χ3n) is 4.44. The first-order chi connectivity index (χ1) is 12.5. The molecular weight excluding hydrogens is 402 g/mol. The van der Waals surface area contributed by atoms with Crippen molar-refractivity contribution in [1.29, 1.82) is 0 Å². The summed E-state index contributed by atoms with van der Waals surface area (Å²) in [6, 6.07) is 14.1. The van der Waals surface area contributed by atoms with E-state index in [4.69, 9.17) is 16.6 Å². The fraction of sp³-hybridized carbons (Fsp3) is 0.100. The van der Waals surface area contributed by atoms with E-state index in [0.717, 1.165) is 27.9 Å². The van der Waals surface area contributed by atoms with Gasteiger partial charge in [-0.1, -0.05) is 29.8 Å². The van der Waals surface area contributed by atoms with Crippen LogP contribution in [0.15, 0.2) is 48.5 Å². The molecular formula is C20H16ClFN4V. The van der Waals surface area contributed by atoms with Gasteiger partial charge in [-0.05, 0) is 55.3 Å². The molecule has 27 heavy (non-hydrogen) atoms. The van der Waals surface area contributed by atoms with Crippen LogP contribution in [0.1, 0.15) is 11.1 Å². The van der Waals surface area contributed by atoms with E-state index >= 15 is 0 Å². The number of hydrogen-bond acceptors (Lipinski definition) is 3. The number of aromatic nitrogens is 3. The largest absolute Gasteiger partial charge is 0.323 e. The van der Waals surface area contributed by atoms with Crippen LogP contribution < -0.4 is 5.32 Å². The summed E-state index contributed by atoms with van der Waals surface area (Å²) in [5, 5.41) is 11.7. The van der Waals surface area contributed by atoms with E-state index in [1.54, 1.807) is 6.07 Å². The SMILES string of the molecule is Cc1cc(-c2ccccc2Cl)nc(Nc2n[nH]c3ccc(F)cc23)c1C.[V]. The van der Waals surface area contributed by atoms with Crippen molar-refractivity contribution in [3.63, 3.8) is 0 Å². The van der Waals surface area contributed by atoms with E-state index in [9.17, 15) is 4.39 Å². The van der Waals surface area contributed by atoms with Crippen LogP contribution in [0.3, 0.4) is 0 Å². The van der Waals surface area contributed by atoms with E-state index in [0.29, 0.717) is 22.0 Å². The van der Waals surface area contributed by atoms with Crippen LogP contribution in [0.4, 0.5) is 16.0 Å². The summed E-state index contributed by atoms with van der Waals surface area (Å²) in [4.78, 5) is 4.73. The molecule has 0 bridgehead atoms. The third kappa shape index (κ3) is 3.72. The molecule has 2 heterocycles. The van der Waals surface area contributed by atoms with Crippen molar-refractivity contribution in [2.24, 2.45) is 0 Å². The maximum Gasteiger partial charge on any atom is 0.161 e. The second-order valence-electron chi connectivity index (χ2n) is 6.16. The minimum atomic E-state index is -0.312. The summed E-state index contributed by atoms with van der Waals surface area (Å²) < 4.78 is 13.6. The molecule has 4 aromatic rings. The molecule has 2 aromatic heterocycles. The maximum atomic E-state index is 13.6. The predicted octanol–water partition coefficient (Wildman–Crippen LogP) is 5.78. The molecule has 7 heteroatoms. The zero-order chi connectivity index (χ0) is 18.3. The minimum Gasteiger partial charge on any atom is -0.323 e. The normalized spacial score (nSPS) is 10.7. The monoisotopic (exact) mass is 417 g/mol. The number of nitrogens with one attached hydrogen (secondary N) is 2. The smallest absolute Gasteiger partial charge is 0.161 e. The number of benzene rings is 2. The van der Waals surface area contributed by atoms with Gasteiger partial charge >= 0.3 is 0 Å². The van der Waals surface area contributed by atoms with Gasteiger partial charge in [-0.3, -0.25) is 5.10 Å². The number of pyridine rings is 1. The van der Waals surface area contributed by atoms with Crippen molar-refractivity contribution in [1.82, 2.24) is 15.2 Å². The van der Waals surface area contributed by atoms with Gasteiger partial charge in [0.1, 0.15) is 11.6 Å². The molecule has 0 saturated carbocycles. The van der Waals surface area contributed by atoms with E-state index in [1.807, 2.05) is 44.2 Å². The zero-order valence-electron chi connectivity index (χ0n) is 14.7. The van der Waals surface area contributed by atoms with Crippen molar-refractivity contribution in [2.75, 3.05) is 5.32 Å². The van der Waals surface area contributed by atoms with Crippen LogP contribution in [0, 0.1) is 19.7 Å². The van der Waals surface area contributed by atoms with Crippen LogP contribution in [0.2, 0.25) is 5.02 Å². The Hall–Kier alpha value is -2.34. The van der Waals surface area contributed by atoms with Crippen molar-refractivity contribution in [3.8, 4) is 11.3 Å². The summed E-state index contributed by atoms with van der Waals surface area (Å²) in [5.41, 5.74) is 4.45. The topological polar surface area (TPSA) is 53.6 Å². The van der Waals surface area contributed by atoms with Crippen molar-refractivity contribution in [3.05, 3.63) is 70.5 Å². The minimum absolute atomic E-state index is 0. The van der Waals surface area contributed by atoms with Gasteiger partial charge in [-0.15, -0.1) is 0 Å². The second-order valence-corrected chi connectivity index (χ2v) is 6.57. The van der Waals surface area contributed by atoms with Crippen LogP contribution in [-0.4, -0.2) is 15.2 Å². The molecule has 0 saturated heterocycles. The van der Waals surface area contributed by atoms with Crippen LogP contribution in [-0.2, 0) is 18.6 Å². The number of aromatic amines is 1. The fourth-order valence-electron chi connectivity index (χ4n) is 2.86. The predicted molar refractivity (Wildman–Crippen MR) is 103 cm³/mol. The summed E-state index contributed by atoms with van der Waals surface area (Å²) >= 11 is 6.32. The number of aryl methyl sites for hydroxylation is 1. The summed E-state index contributed by atoms with van der Waals surface area (Å²) in [6.07, 6.45) is 0. The van der Waals surface area contributed by atoms with Crippen LogP contribution >= 0.6 is 11.6 Å². The summed E-state index contributed by atoms with van der Waals surface area (Å²) in [6.45, 7) is 4.00. The van der Waals surface area contributed by atoms with Gasteiger partial charge in [0.05, 0.1) is 11.2 Å². The molecule has 0 aliphatic carbocycles. The first-order valence-corrected chi connectivity index (χ1v) is 8.54. The Labute approximate surface area is 173 Å². The second kappa shape index (κ2) is 7.73. The van der Waals surface area contributed by atoms with Crippen LogP contribution in [0.5, 0.6) is 0 Å². The first-order valence-electron chi connectivity index (χ1n) is 8.17. The molecule has 0 aliphatic heterocycles. The first kappa shape index (κ1) is 19.4. The van der Waals surface area contributed by atoms with Gasteiger partial charge in [0, 0.05) is 34.5 Å². The van der Waals surface area contributed by atoms with Crippen molar-refractivity contribution in [2.45, 2.75) is 13.8 Å². The molecule has 0 amide bonds. The molecule has 135 valence electrons. The van der Waals surface area contributed by atoms with Crippen molar-refractivity contribution >= 4 is 34.1 Å². The Morgan fingerprint density at radius 2 is 1.81 bits per heavy atom. The Morgan fingerprint density at radius 1 is 1.04 bits per heavy atom. The van der Waals surface area contributed by atoms with E-state index < -0.39 is 0 Å². The summed E-state index contributed by atoms with van der Waals surface area (Å²) in [5.74, 6) is 0.885. The molecule has 4 rings (SSSR count). The van der Waals surface area contributed by atoms with Crippen LogP contribution in [0.25, 0.3) is 22.2 Å². The standard InChI is InChI=1S/C20H16ClFN4.V/c1-11-9-18(14-5-3-4-6-16(14)21)23-19(12(11)2)24-20-15-10-13(22)7-8-17(15)25-26-20;/h3-10H,1-2H3,(H2,23,24,25,26);. The average Bonchev–Trinajstić information content (AvgIpc) is 3.01. The quantitative estimate of drug-likeness (QED) is 0.444. The fourth-order valence-corrected chi connectivity index (χ4v) is 3.09. The molecule has 2 N–H and O–H groups in total. The van der Waals surface area contributed by atoms with Gasteiger partial charge in [-0.2, -0.15) is 5.10 Å². The van der Waals surface area contributed by atoms with Gasteiger partial charge in [0.25, 0.3) is 0 Å². The maximum absolute atomic E-state index is 13.6. The molecule has 0 fully saturated rings. The molecule has 4 nitrogen and oxygen atoms in total. The number of halogens is 2. The molecule has 1 radical (unpaired) electrons. The third-order valence-corrected chi connectivity index (χ3v) is 4.77. The van der Waals surface area contributed by atoms with E-state index in [-0.39, 0.29) is 24.4 Å². The number of hydrogen-bond donors (Lipinski definition) is 2. The van der Waals surface area contributed by atoms with Crippen molar-refractivity contribution < 1.29 is 22.9 Å². The average molecular weight is 418 g/mol. The molecule has 0 spiro atoms. The van der Waals surface area contributed by atoms with Gasteiger partial charge in [-0.25, -0.2) is 9.37 Å². The molecule has 0 atom stereocenters. The molecule has 0 aliphatic rings. The summed E-state index contributed by atoms with van der Waals surface area (Å²) in [7, 11) is 0. The number of H-pyrrole nitrogens is 1. The zero-order valence-corrected chi connectivity index (χ0v) is 16.9. The van der Waals surface area contributed by atoms with Gasteiger partial charge < -0.3 is 5.32 Å². The van der Waals surface area contributed by atoms with Gasteiger partial charge in [0.2, 0.25) is 0 Å². The number of anilines is 2. The number of rotatable bonds is 3.